The Labute approximate surface area is 249 Å². The van der Waals surface area contributed by atoms with Crippen molar-refractivity contribution < 1.29 is 24.8 Å². The molecule has 40 heavy (non-hydrogen) atoms. The summed E-state index contributed by atoms with van der Waals surface area (Å²) in [4.78, 5) is 13.6. The molecule has 0 bridgehead atoms. The molecule has 0 saturated carbocycles. The molecule has 0 amide bonds. The Kier molecular flexibility index (Phi) is 10.1. The van der Waals surface area contributed by atoms with Crippen molar-refractivity contribution in [3.8, 4) is 22.9 Å². The zero-order valence-corrected chi connectivity index (χ0v) is 24.3. The second-order valence-corrected chi connectivity index (χ2v) is 8.80. The Morgan fingerprint density at radius 3 is 1.90 bits per heavy atom. The molecule has 3 aromatic heterocycles. The molecular formula is C35H26IrN3O. The third kappa shape index (κ3) is 6.95. The third-order valence-corrected chi connectivity index (χ3v) is 6.21. The minimum atomic E-state index is -0.553. The van der Waals surface area contributed by atoms with Crippen molar-refractivity contribution in [2.24, 2.45) is 0 Å². The Morgan fingerprint density at radius 1 is 0.600 bits per heavy atom. The van der Waals surface area contributed by atoms with Gasteiger partial charge in [0, 0.05) is 24.2 Å². The van der Waals surface area contributed by atoms with Gasteiger partial charge in [-0.3, -0.25) is 4.98 Å². The number of ether oxygens (including phenoxy) is 1. The standard InChI is InChI=1S/C24H18N2O.C11H8N.Ir/c1-24(19-11-4-2-5-12-19,21-15-8-9-18-25-21)22-16-10-17-23(26-22)27-20-13-6-3-7-14-20;1-2-6-10(7-3-1)11-8-4-5-9-12-11;/h2-11,13,15-18H,1H3;1-6,8-9H;/q-2;-1;+3. The van der Waals surface area contributed by atoms with Crippen LogP contribution in [-0.4, -0.2) is 15.0 Å². The summed E-state index contributed by atoms with van der Waals surface area (Å²) in [6.45, 7) is 2.11. The SMILES string of the molecule is CC(c1[c-]cccc1)(c1ccccn1)c1cccc(Oc2[c-]cccc2)n1.[Ir+3].[c-]1ccccc1-c1ccccn1. The average molecular weight is 697 g/mol. The van der Waals surface area contributed by atoms with Gasteiger partial charge in [-0.05, 0) is 36.9 Å². The van der Waals surface area contributed by atoms with Crippen LogP contribution in [0.4, 0.5) is 0 Å². The summed E-state index contributed by atoms with van der Waals surface area (Å²) in [6.07, 6.45) is 3.59. The summed E-state index contributed by atoms with van der Waals surface area (Å²) in [5.74, 6) is 1.15. The summed E-state index contributed by atoms with van der Waals surface area (Å²) in [7, 11) is 0. The third-order valence-electron chi connectivity index (χ3n) is 6.21. The van der Waals surface area contributed by atoms with Gasteiger partial charge in [0.2, 0.25) is 5.88 Å². The first-order valence-corrected chi connectivity index (χ1v) is 12.6. The van der Waals surface area contributed by atoms with E-state index in [2.05, 4.69) is 41.2 Å². The fourth-order valence-electron chi connectivity index (χ4n) is 4.15. The van der Waals surface area contributed by atoms with Crippen molar-refractivity contribution in [2.45, 2.75) is 12.3 Å². The van der Waals surface area contributed by atoms with Crippen LogP contribution in [0.15, 0.2) is 140 Å². The Balaban J connectivity index is 0.000000238. The molecule has 0 spiro atoms. The van der Waals surface area contributed by atoms with Gasteiger partial charge in [-0.25, -0.2) is 4.98 Å². The van der Waals surface area contributed by atoms with Gasteiger partial charge in [-0.2, -0.15) is 48.5 Å². The summed E-state index contributed by atoms with van der Waals surface area (Å²) >= 11 is 0. The van der Waals surface area contributed by atoms with E-state index in [1.54, 1.807) is 12.4 Å². The molecule has 0 aliphatic rings. The van der Waals surface area contributed by atoms with E-state index in [-0.39, 0.29) is 20.1 Å². The van der Waals surface area contributed by atoms with Crippen LogP contribution in [-0.2, 0) is 25.5 Å². The van der Waals surface area contributed by atoms with Crippen LogP contribution >= 0.6 is 0 Å². The molecule has 6 rings (SSSR count). The Morgan fingerprint density at radius 2 is 1.27 bits per heavy atom. The van der Waals surface area contributed by atoms with Crippen LogP contribution in [0, 0.1) is 18.2 Å². The Bertz CT molecular complexity index is 1490. The molecule has 1 unspecified atom stereocenters. The minimum Gasteiger partial charge on any atom is -0.466 e. The first-order chi connectivity index (χ1) is 19.2. The van der Waals surface area contributed by atoms with E-state index >= 15 is 0 Å². The topological polar surface area (TPSA) is 47.9 Å². The van der Waals surface area contributed by atoms with Crippen LogP contribution in [0.3, 0.4) is 0 Å². The van der Waals surface area contributed by atoms with Crippen LogP contribution < -0.4 is 4.74 Å². The second kappa shape index (κ2) is 14.1. The van der Waals surface area contributed by atoms with Gasteiger partial charge in [0.05, 0.1) is 16.8 Å². The molecule has 3 aromatic carbocycles. The molecular weight excluding hydrogens is 671 g/mol. The Hall–Kier alpha value is -4.44. The second-order valence-electron chi connectivity index (χ2n) is 8.80. The van der Waals surface area contributed by atoms with E-state index in [1.165, 1.54) is 0 Å². The van der Waals surface area contributed by atoms with Crippen molar-refractivity contribution in [3.05, 3.63) is 175 Å². The van der Waals surface area contributed by atoms with Gasteiger partial charge < -0.3 is 9.72 Å². The molecule has 5 heteroatoms. The van der Waals surface area contributed by atoms with Crippen LogP contribution in [0.5, 0.6) is 11.6 Å². The predicted molar refractivity (Wildman–Crippen MR) is 153 cm³/mol. The van der Waals surface area contributed by atoms with Crippen molar-refractivity contribution in [1.29, 1.82) is 0 Å². The minimum absolute atomic E-state index is 0. The summed E-state index contributed by atoms with van der Waals surface area (Å²) in [5.41, 5.74) is 4.21. The normalized spacial score (nSPS) is 11.6. The van der Waals surface area contributed by atoms with E-state index in [0.29, 0.717) is 11.6 Å². The molecule has 196 valence electrons. The number of pyridine rings is 3. The summed E-state index contributed by atoms with van der Waals surface area (Å²) in [5, 5.41) is 0. The first kappa shape index (κ1) is 28.6. The first-order valence-electron chi connectivity index (χ1n) is 12.6. The largest absolute Gasteiger partial charge is 3.00 e. The van der Waals surface area contributed by atoms with E-state index in [9.17, 15) is 0 Å². The maximum atomic E-state index is 5.89. The maximum absolute atomic E-state index is 5.89. The molecule has 1 atom stereocenters. The number of para-hydroxylation sites is 1. The molecule has 0 radical (unpaired) electrons. The van der Waals surface area contributed by atoms with Crippen molar-refractivity contribution in [1.82, 2.24) is 15.0 Å². The fourth-order valence-corrected chi connectivity index (χ4v) is 4.15. The monoisotopic (exact) mass is 697 g/mol. The van der Waals surface area contributed by atoms with E-state index in [0.717, 1.165) is 28.2 Å². The van der Waals surface area contributed by atoms with Crippen molar-refractivity contribution >= 4 is 0 Å². The van der Waals surface area contributed by atoms with Crippen LogP contribution in [0.25, 0.3) is 11.3 Å². The van der Waals surface area contributed by atoms with Crippen molar-refractivity contribution in [3.63, 3.8) is 0 Å². The van der Waals surface area contributed by atoms with E-state index in [4.69, 9.17) is 9.72 Å². The predicted octanol–water partition coefficient (Wildman–Crippen LogP) is 7.77. The maximum Gasteiger partial charge on any atom is 3.00 e. The van der Waals surface area contributed by atoms with Crippen molar-refractivity contribution in [2.75, 3.05) is 0 Å². The van der Waals surface area contributed by atoms with Gasteiger partial charge in [-0.15, -0.1) is 53.6 Å². The molecule has 4 nitrogen and oxygen atoms in total. The van der Waals surface area contributed by atoms with Gasteiger partial charge >= 0.3 is 20.1 Å². The fraction of sp³-hybridized carbons (Fsp3) is 0.0571. The zero-order valence-electron chi connectivity index (χ0n) is 21.9. The smallest absolute Gasteiger partial charge is 0.466 e. The number of benzene rings is 3. The quantitative estimate of drug-likeness (QED) is 0.167. The van der Waals surface area contributed by atoms with E-state index < -0.39 is 5.41 Å². The van der Waals surface area contributed by atoms with E-state index in [1.807, 2.05) is 121 Å². The molecule has 0 aliphatic carbocycles. The molecule has 0 N–H and O–H groups in total. The van der Waals surface area contributed by atoms with Crippen LogP contribution in [0.1, 0.15) is 23.9 Å². The number of nitrogens with zero attached hydrogens (tertiary/aromatic N) is 3. The number of hydrogen-bond acceptors (Lipinski definition) is 4. The van der Waals surface area contributed by atoms with Gasteiger partial charge in [0.25, 0.3) is 0 Å². The van der Waals surface area contributed by atoms with Gasteiger partial charge in [0.1, 0.15) is 0 Å². The average Bonchev–Trinajstić information content (AvgIpc) is 3.03. The molecule has 0 fully saturated rings. The zero-order chi connectivity index (χ0) is 26.8. The summed E-state index contributed by atoms with van der Waals surface area (Å²) in [6, 6.07) is 50.3. The number of hydrogen-bond donors (Lipinski definition) is 0. The molecule has 3 heterocycles. The van der Waals surface area contributed by atoms with Gasteiger partial charge in [-0.1, -0.05) is 24.3 Å². The number of rotatable bonds is 6. The molecule has 0 aliphatic heterocycles. The summed E-state index contributed by atoms with van der Waals surface area (Å²) < 4.78 is 5.89. The van der Waals surface area contributed by atoms with Gasteiger partial charge in [0.15, 0.2) is 0 Å². The number of aromatic nitrogens is 3. The molecule has 6 aromatic rings. The van der Waals surface area contributed by atoms with Crippen LogP contribution in [0.2, 0.25) is 0 Å². The molecule has 0 saturated heterocycles.